The molecule has 0 N–H and O–H groups in total. The largest absolute Gasteiger partial charge is 0.353 e. The van der Waals surface area contributed by atoms with Crippen LogP contribution in [-0.4, -0.2) is 28.6 Å². The van der Waals surface area contributed by atoms with E-state index in [0.29, 0.717) is 31.7 Å². The maximum absolute atomic E-state index is 12.4. The van der Waals surface area contributed by atoms with Crippen molar-refractivity contribution in [3.05, 3.63) is 32.1 Å². The number of rotatable bonds is 6. The average molecular weight is 310 g/mol. The molecule has 0 spiro atoms. The summed E-state index contributed by atoms with van der Waals surface area (Å²) in [4.78, 5) is 24.6. The number of hydrogen-bond donors (Lipinski definition) is 0. The zero-order valence-corrected chi connectivity index (χ0v) is 13.8. The van der Waals surface area contributed by atoms with E-state index in [1.54, 1.807) is 11.5 Å². The summed E-state index contributed by atoms with van der Waals surface area (Å²) < 4.78 is 14.1. The molecule has 22 heavy (non-hydrogen) atoms. The van der Waals surface area contributed by atoms with E-state index in [0.717, 1.165) is 31.6 Å². The van der Waals surface area contributed by atoms with Crippen LogP contribution >= 0.6 is 0 Å². The third-order valence-electron chi connectivity index (χ3n) is 4.26. The summed E-state index contributed by atoms with van der Waals surface area (Å²) in [5, 5.41) is 0. The lowest BCUT2D eigenvalue weighted by molar-refractivity contribution is -0.163. The van der Waals surface area contributed by atoms with Crippen molar-refractivity contribution in [2.75, 3.05) is 13.2 Å². The number of aromatic nitrogens is 2. The van der Waals surface area contributed by atoms with Crippen molar-refractivity contribution in [3.8, 4) is 0 Å². The van der Waals surface area contributed by atoms with Crippen molar-refractivity contribution in [1.29, 1.82) is 0 Å². The van der Waals surface area contributed by atoms with Crippen molar-refractivity contribution in [3.63, 3.8) is 0 Å². The molecular formula is C16H26N2O4. The van der Waals surface area contributed by atoms with Crippen LogP contribution in [-0.2, 0) is 22.6 Å². The highest BCUT2D eigenvalue weighted by Crippen LogP contribution is 2.13. The predicted octanol–water partition coefficient (Wildman–Crippen LogP) is 1.58. The quantitative estimate of drug-likeness (QED) is 0.748. The summed E-state index contributed by atoms with van der Waals surface area (Å²) in [6.45, 7) is 7.69. The molecule has 0 amide bonds. The van der Waals surface area contributed by atoms with Gasteiger partial charge in [0.05, 0.1) is 6.61 Å². The first-order chi connectivity index (χ1) is 10.6. The molecule has 1 aromatic heterocycles. The van der Waals surface area contributed by atoms with Gasteiger partial charge < -0.3 is 9.47 Å². The Morgan fingerprint density at radius 2 is 2.00 bits per heavy atom. The van der Waals surface area contributed by atoms with E-state index < -0.39 is 0 Å². The molecule has 1 unspecified atom stereocenters. The van der Waals surface area contributed by atoms with Crippen LogP contribution in [0.2, 0.25) is 0 Å². The Hall–Kier alpha value is -1.40. The van der Waals surface area contributed by atoms with Crippen molar-refractivity contribution in [1.82, 2.24) is 9.13 Å². The van der Waals surface area contributed by atoms with Gasteiger partial charge in [0, 0.05) is 31.0 Å². The molecule has 2 rings (SSSR count). The van der Waals surface area contributed by atoms with Gasteiger partial charge in [0.15, 0.2) is 6.29 Å². The van der Waals surface area contributed by atoms with Gasteiger partial charge >= 0.3 is 5.69 Å². The fourth-order valence-electron chi connectivity index (χ4n) is 2.79. The van der Waals surface area contributed by atoms with Gasteiger partial charge in [-0.2, -0.15) is 0 Å². The smallest absolute Gasteiger partial charge is 0.331 e. The molecule has 0 bridgehead atoms. The number of nitrogens with zero attached hydrogens (tertiary/aromatic N) is 2. The first kappa shape index (κ1) is 17.0. The van der Waals surface area contributed by atoms with Gasteiger partial charge in [-0.05, 0) is 46.5 Å². The Morgan fingerprint density at radius 3 is 2.64 bits per heavy atom. The highest BCUT2D eigenvalue weighted by Gasteiger charge is 2.15. The van der Waals surface area contributed by atoms with E-state index in [-0.39, 0.29) is 17.5 Å². The SMILES string of the molecule is CCn1c(C)c(C)c(=O)n(CCCOC2CCCCO2)c1=O. The van der Waals surface area contributed by atoms with E-state index >= 15 is 0 Å². The normalized spacial score (nSPS) is 18.6. The molecular weight excluding hydrogens is 284 g/mol. The van der Waals surface area contributed by atoms with Crippen LogP contribution in [0.4, 0.5) is 0 Å². The Morgan fingerprint density at radius 1 is 1.23 bits per heavy atom. The van der Waals surface area contributed by atoms with E-state index in [9.17, 15) is 9.59 Å². The van der Waals surface area contributed by atoms with Crippen LogP contribution in [0, 0.1) is 13.8 Å². The van der Waals surface area contributed by atoms with Gasteiger partial charge in [-0.1, -0.05) is 0 Å². The fraction of sp³-hybridized carbons (Fsp3) is 0.750. The highest BCUT2D eigenvalue weighted by molar-refractivity contribution is 5.14. The van der Waals surface area contributed by atoms with Crippen molar-refractivity contribution < 1.29 is 9.47 Å². The Kier molecular flexibility index (Phi) is 5.97. The molecule has 0 radical (unpaired) electrons. The van der Waals surface area contributed by atoms with E-state index in [4.69, 9.17) is 9.47 Å². The Balaban J connectivity index is 1.99. The molecule has 0 aromatic carbocycles. The molecule has 1 saturated heterocycles. The lowest BCUT2D eigenvalue weighted by Gasteiger charge is -2.22. The van der Waals surface area contributed by atoms with Gasteiger partial charge in [-0.3, -0.25) is 13.9 Å². The summed E-state index contributed by atoms with van der Waals surface area (Å²) in [6, 6.07) is 0. The third-order valence-corrected chi connectivity index (χ3v) is 4.26. The van der Waals surface area contributed by atoms with Gasteiger partial charge in [-0.25, -0.2) is 4.79 Å². The molecule has 6 heteroatoms. The van der Waals surface area contributed by atoms with Crippen LogP contribution in [0.1, 0.15) is 43.9 Å². The predicted molar refractivity (Wildman–Crippen MR) is 84.3 cm³/mol. The van der Waals surface area contributed by atoms with Gasteiger partial charge in [0.2, 0.25) is 0 Å². The molecule has 1 fully saturated rings. The van der Waals surface area contributed by atoms with Crippen LogP contribution < -0.4 is 11.2 Å². The lowest BCUT2D eigenvalue weighted by atomic mass is 10.2. The Bertz CT molecular complexity index is 612. The monoisotopic (exact) mass is 310 g/mol. The molecule has 1 aromatic rings. The maximum atomic E-state index is 12.4. The van der Waals surface area contributed by atoms with Crippen LogP contribution in [0.15, 0.2) is 9.59 Å². The minimum atomic E-state index is -0.232. The minimum Gasteiger partial charge on any atom is -0.353 e. The van der Waals surface area contributed by atoms with Crippen LogP contribution in [0.25, 0.3) is 0 Å². The summed E-state index contributed by atoms with van der Waals surface area (Å²) in [7, 11) is 0. The fourth-order valence-corrected chi connectivity index (χ4v) is 2.79. The van der Waals surface area contributed by atoms with Crippen LogP contribution in [0.5, 0.6) is 0 Å². The molecule has 124 valence electrons. The van der Waals surface area contributed by atoms with E-state index in [1.165, 1.54) is 4.57 Å². The third kappa shape index (κ3) is 3.67. The summed E-state index contributed by atoms with van der Waals surface area (Å²) >= 11 is 0. The molecule has 2 heterocycles. The van der Waals surface area contributed by atoms with Crippen molar-refractivity contribution in [2.24, 2.45) is 0 Å². The van der Waals surface area contributed by atoms with Gasteiger partial charge in [0.1, 0.15) is 0 Å². The number of ether oxygens (including phenoxy) is 2. The number of hydrogen-bond acceptors (Lipinski definition) is 4. The minimum absolute atomic E-state index is 0.127. The zero-order valence-electron chi connectivity index (χ0n) is 13.8. The molecule has 0 aliphatic carbocycles. The zero-order chi connectivity index (χ0) is 16.1. The van der Waals surface area contributed by atoms with Gasteiger partial charge in [-0.15, -0.1) is 0 Å². The van der Waals surface area contributed by atoms with Crippen molar-refractivity contribution >= 4 is 0 Å². The molecule has 1 aliphatic rings. The lowest BCUT2D eigenvalue weighted by Crippen LogP contribution is -2.42. The topological polar surface area (TPSA) is 62.5 Å². The first-order valence-electron chi connectivity index (χ1n) is 8.10. The van der Waals surface area contributed by atoms with Crippen LogP contribution in [0.3, 0.4) is 0 Å². The molecule has 0 saturated carbocycles. The van der Waals surface area contributed by atoms with E-state index in [1.807, 2.05) is 13.8 Å². The van der Waals surface area contributed by atoms with E-state index in [2.05, 4.69) is 0 Å². The molecule has 6 nitrogen and oxygen atoms in total. The second-order valence-corrected chi connectivity index (χ2v) is 5.71. The first-order valence-corrected chi connectivity index (χ1v) is 8.10. The highest BCUT2D eigenvalue weighted by atomic mass is 16.7. The summed E-state index contributed by atoms with van der Waals surface area (Å²) in [5.41, 5.74) is 0.962. The second-order valence-electron chi connectivity index (χ2n) is 5.71. The summed E-state index contributed by atoms with van der Waals surface area (Å²) in [6.07, 6.45) is 3.64. The Labute approximate surface area is 130 Å². The average Bonchev–Trinajstić information content (AvgIpc) is 2.54. The van der Waals surface area contributed by atoms with Gasteiger partial charge in [0.25, 0.3) is 5.56 Å². The maximum Gasteiger partial charge on any atom is 0.331 e. The van der Waals surface area contributed by atoms with Crippen molar-refractivity contribution in [2.45, 2.75) is 65.8 Å². The summed E-state index contributed by atoms with van der Waals surface area (Å²) in [5.74, 6) is 0. The second kappa shape index (κ2) is 7.74. The standard InChI is InChI=1S/C16H26N2O4/c1-4-17-13(3)12(2)15(19)18(16(17)20)9-7-11-22-14-8-5-6-10-21-14/h14H,4-11H2,1-3H3. The molecule has 1 atom stereocenters. The molecule has 1 aliphatic heterocycles.